The molecule has 1 atom stereocenters. The fourth-order valence-corrected chi connectivity index (χ4v) is 4.98. The standard InChI is InChI=1S/C16H20N2O2S/c1-12-3-5-14-9-13(4-6-15(14)18-12)10-17-16(2)7-8-21(19,20)11-16/h3-6,9,17H,7-8,10-11H2,1-2H3. The lowest BCUT2D eigenvalue weighted by Gasteiger charge is -2.24. The first kappa shape index (κ1) is 14.5. The number of sulfone groups is 1. The van der Waals surface area contributed by atoms with Crippen molar-refractivity contribution in [1.29, 1.82) is 0 Å². The van der Waals surface area contributed by atoms with Crippen molar-refractivity contribution in [3.8, 4) is 0 Å². The second kappa shape index (κ2) is 5.07. The Kier molecular flexibility index (Phi) is 3.50. The molecule has 0 bridgehead atoms. The molecule has 1 N–H and O–H groups in total. The minimum atomic E-state index is -2.87. The molecule has 1 aliphatic rings. The Bertz CT molecular complexity index is 786. The van der Waals surface area contributed by atoms with Crippen molar-refractivity contribution in [2.45, 2.75) is 32.4 Å². The van der Waals surface area contributed by atoms with E-state index < -0.39 is 9.84 Å². The van der Waals surface area contributed by atoms with Gasteiger partial charge in [-0.1, -0.05) is 12.1 Å². The minimum Gasteiger partial charge on any atom is -0.306 e. The van der Waals surface area contributed by atoms with Crippen molar-refractivity contribution in [2.75, 3.05) is 11.5 Å². The molecule has 1 aromatic carbocycles. The van der Waals surface area contributed by atoms with Gasteiger partial charge in [0.2, 0.25) is 0 Å². The van der Waals surface area contributed by atoms with Crippen LogP contribution in [0.15, 0.2) is 30.3 Å². The summed E-state index contributed by atoms with van der Waals surface area (Å²) in [5.74, 6) is 0.520. The Morgan fingerprint density at radius 1 is 1.29 bits per heavy atom. The molecule has 2 heterocycles. The van der Waals surface area contributed by atoms with Crippen LogP contribution >= 0.6 is 0 Å². The van der Waals surface area contributed by atoms with Crippen LogP contribution in [0.4, 0.5) is 0 Å². The van der Waals surface area contributed by atoms with Crippen LogP contribution in [0, 0.1) is 6.92 Å². The molecule has 2 aromatic rings. The molecule has 0 spiro atoms. The number of nitrogens with one attached hydrogen (secondary N) is 1. The lowest BCUT2D eigenvalue weighted by Crippen LogP contribution is -2.42. The van der Waals surface area contributed by atoms with Gasteiger partial charge in [-0.05, 0) is 44.0 Å². The monoisotopic (exact) mass is 304 g/mol. The maximum atomic E-state index is 11.6. The molecule has 21 heavy (non-hydrogen) atoms. The zero-order valence-corrected chi connectivity index (χ0v) is 13.2. The van der Waals surface area contributed by atoms with Crippen LogP contribution in [0.3, 0.4) is 0 Å². The Hall–Kier alpha value is -1.46. The summed E-state index contributed by atoms with van der Waals surface area (Å²) in [5.41, 5.74) is 2.85. The molecular weight excluding hydrogens is 284 g/mol. The molecule has 1 unspecified atom stereocenters. The quantitative estimate of drug-likeness (QED) is 0.944. The van der Waals surface area contributed by atoms with E-state index in [4.69, 9.17) is 0 Å². The van der Waals surface area contributed by atoms with Crippen LogP contribution in [-0.2, 0) is 16.4 Å². The Morgan fingerprint density at radius 3 is 2.81 bits per heavy atom. The molecule has 1 fully saturated rings. The first-order valence-electron chi connectivity index (χ1n) is 7.17. The predicted molar refractivity (Wildman–Crippen MR) is 85.0 cm³/mol. The maximum Gasteiger partial charge on any atom is 0.152 e. The lowest BCUT2D eigenvalue weighted by molar-refractivity contribution is 0.395. The van der Waals surface area contributed by atoms with Crippen LogP contribution in [0.2, 0.25) is 0 Å². The second-order valence-corrected chi connectivity index (χ2v) is 8.42. The van der Waals surface area contributed by atoms with Crippen molar-refractivity contribution < 1.29 is 8.42 Å². The number of pyridine rings is 1. The first-order valence-corrected chi connectivity index (χ1v) is 8.99. The number of aryl methyl sites for hydroxylation is 1. The fourth-order valence-electron chi connectivity index (χ4n) is 2.85. The summed E-state index contributed by atoms with van der Waals surface area (Å²) < 4.78 is 23.2. The fraction of sp³-hybridized carbons (Fsp3) is 0.438. The van der Waals surface area contributed by atoms with Gasteiger partial charge in [-0.15, -0.1) is 0 Å². The van der Waals surface area contributed by atoms with Gasteiger partial charge < -0.3 is 5.32 Å². The van der Waals surface area contributed by atoms with E-state index in [2.05, 4.69) is 28.5 Å². The smallest absolute Gasteiger partial charge is 0.152 e. The minimum absolute atomic E-state index is 0.230. The molecule has 1 saturated heterocycles. The highest BCUT2D eigenvalue weighted by molar-refractivity contribution is 7.91. The highest BCUT2D eigenvalue weighted by atomic mass is 32.2. The summed E-state index contributed by atoms with van der Waals surface area (Å²) in [6.45, 7) is 4.65. The van der Waals surface area contributed by atoms with E-state index in [0.717, 1.165) is 22.2 Å². The van der Waals surface area contributed by atoms with Crippen LogP contribution in [0.1, 0.15) is 24.6 Å². The molecule has 0 amide bonds. The SMILES string of the molecule is Cc1ccc2cc(CNC3(C)CCS(=O)(=O)C3)ccc2n1. The first-order chi connectivity index (χ1) is 9.85. The molecule has 0 saturated carbocycles. The Balaban J connectivity index is 1.75. The molecule has 1 aliphatic heterocycles. The van der Waals surface area contributed by atoms with Gasteiger partial charge in [-0.25, -0.2) is 8.42 Å². The van der Waals surface area contributed by atoms with Crippen molar-refractivity contribution in [1.82, 2.24) is 10.3 Å². The third kappa shape index (κ3) is 3.24. The van der Waals surface area contributed by atoms with Gasteiger partial charge in [0.15, 0.2) is 9.84 Å². The van der Waals surface area contributed by atoms with Gasteiger partial charge >= 0.3 is 0 Å². The zero-order chi connectivity index (χ0) is 15.1. The van der Waals surface area contributed by atoms with Crippen LogP contribution < -0.4 is 5.32 Å². The number of benzene rings is 1. The van der Waals surface area contributed by atoms with Crippen molar-refractivity contribution >= 4 is 20.7 Å². The number of hydrogen-bond donors (Lipinski definition) is 1. The molecule has 5 heteroatoms. The van der Waals surface area contributed by atoms with Crippen molar-refractivity contribution in [3.63, 3.8) is 0 Å². The van der Waals surface area contributed by atoms with E-state index >= 15 is 0 Å². The average molecular weight is 304 g/mol. The molecule has 0 radical (unpaired) electrons. The van der Waals surface area contributed by atoms with Gasteiger partial charge in [0, 0.05) is 23.2 Å². The Morgan fingerprint density at radius 2 is 2.10 bits per heavy atom. The highest BCUT2D eigenvalue weighted by Crippen LogP contribution is 2.23. The maximum absolute atomic E-state index is 11.6. The van der Waals surface area contributed by atoms with E-state index in [1.807, 2.05) is 26.0 Å². The third-order valence-electron chi connectivity index (χ3n) is 4.12. The van der Waals surface area contributed by atoms with Crippen LogP contribution in [0.25, 0.3) is 10.9 Å². The van der Waals surface area contributed by atoms with E-state index in [9.17, 15) is 8.42 Å². The second-order valence-electron chi connectivity index (χ2n) is 6.24. The molecule has 0 aliphatic carbocycles. The topological polar surface area (TPSA) is 59.1 Å². The summed E-state index contributed by atoms with van der Waals surface area (Å²) in [7, 11) is -2.87. The van der Waals surface area contributed by atoms with E-state index in [0.29, 0.717) is 13.0 Å². The third-order valence-corrected chi connectivity index (χ3v) is 6.02. The predicted octanol–water partition coefficient (Wildman–Crippen LogP) is 2.21. The number of fused-ring (bicyclic) bond motifs is 1. The zero-order valence-electron chi connectivity index (χ0n) is 12.4. The summed E-state index contributed by atoms with van der Waals surface area (Å²) in [6, 6.07) is 10.3. The van der Waals surface area contributed by atoms with E-state index in [1.54, 1.807) is 0 Å². The number of aromatic nitrogens is 1. The average Bonchev–Trinajstić information content (AvgIpc) is 2.71. The molecule has 4 nitrogen and oxygen atoms in total. The van der Waals surface area contributed by atoms with Gasteiger partial charge in [-0.2, -0.15) is 0 Å². The highest BCUT2D eigenvalue weighted by Gasteiger charge is 2.37. The largest absolute Gasteiger partial charge is 0.306 e. The number of rotatable bonds is 3. The summed E-state index contributed by atoms with van der Waals surface area (Å²) in [6.07, 6.45) is 0.684. The molecule has 1 aromatic heterocycles. The summed E-state index contributed by atoms with van der Waals surface area (Å²) in [4.78, 5) is 4.49. The summed E-state index contributed by atoms with van der Waals surface area (Å²) >= 11 is 0. The molecule has 112 valence electrons. The summed E-state index contributed by atoms with van der Waals surface area (Å²) in [5, 5.41) is 4.52. The van der Waals surface area contributed by atoms with Gasteiger partial charge in [0.25, 0.3) is 0 Å². The number of hydrogen-bond acceptors (Lipinski definition) is 4. The van der Waals surface area contributed by atoms with Crippen LogP contribution in [0.5, 0.6) is 0 Å². The lowest BCUT2D eigenvalue weighted by atomic mass is 10.0. The van der Waals surface area contributed by atoms with Crippen molar-refractivity contribution in [3.05, 3.63) is 41.6 Å². The normalized spacial score (nSPS) is 24.5. The van der Waals surface area contributed by atoms with Gasteiger partial charge in [-0.3, -0.25) is 4.98 Å². The van der Waals surface area contributed by atoms with Gasteiger partial charge in [0.1, 0.15) is 0 Å². The van der Waals surface area contributed by atoms with Crippen LogP contribution in [-0.4, -0.2) is 30.4 Å². The molecular formula is C16H20N2O2S. The van der Waals surface area contributed by atoms with Crippen molar-refractivity contribution in [2.24, 2.45) is 0 Å². The van der Waals surface area contributed by atoms with Gasteiger partial charge in [0.05, 0.1) is 17.0 Å². The molecule has 3 rings (SSSR count). The Labute approximate surface area is 125 Å². The van der Waals surface area contributed by atoms with E-state index in [1.165, 1.54) is 0 Å². The van der Waals surface area contributed by atoms with E-state index in [-0.39, 0.29) is 17.0 Å². The number of nitrogens with zero attached hydrogens (tertiary/aromatic N) is 1.